The number of nitrogens with one attached hydrogen (secondary N) is 2. The van der Waals surface area contributed by atoms with E-state index in [1.807, 2.05) is 34.0 Å². The average molecular weight is 812 g/mol. The molecule has 56 heavy (non-hydrogen) atoms. The summed E-state index contributed by atoms with van der Waals surface area (Å²) in [6.45, 7) is 17.1. The number of carboxylic acid groups (broad SMARTS) is 1. The van der Waals surface area contributed by atoms with Crippen molar-refractivity contribution >= 4 is 53.2 Å². The Balaban J connectivity index is 5.53. The molecule has 0 aliphatic heterocycles. The monoisotopic (exact) mass is 811 g/mol. The van der Waals surface area contributed by atoms with Gasteiger partial charge in [0.1, 0.15) is 18.1 Å². The van der Waals surface area contributed by atoms with Crippen LogP contribution in [0, 0.1) is 17.8 Å². The van der Waals surface area contributed by atoms with E-state index >= 15 is 0 Å². The zero-order valence-corrected chi connectivity index (χ0v) is 36.9. The highest BCUT2D eigenvalue weighted by atomic mass is 32.2. The van der Waals surface area contributed by atoms with Crippen molar-refractivity contribution < 1.29 is 48.1 Å². The normalized spacial score (nSPS) is 15.7. The smallest absolute Gasteiger partial charge is 0.334 e. The van der Waals surface area contributed by atoms with Crippen LogP contribution in [0.4, 0.5) is 0 Å². The van der Waals surface area contributed by atoms with Crippen LogP contribution in [-0.4, -0.2) is 138 Å². The van der Waals surface area contributed by atoms with Gasteiger partial charge in [-0.05, 0) is 77.9 Å². The minimum atomic E-state index is -1.19. The number of carbonyl (C=O) groups is 7. The molecule has 0 rings (SSSR count). The number of esters is 1. The van der Waals surface area contributed by atoms with E-state index in [9.17, 15) is 38.7 Å². The number of nitrogens with zero attached hydrogens (tertiary/aromatic N) is 3. The summed E-state index contributed by atoms with van der Waals surface area (Å²) in [6, 6.07) is -3.21. The summed E-state index contributed by atoms with van der Waals surface area (Å²) >= 11 is 1.57. The van der Waals surface area contributed by atoms with Gasteiger partial charge < -0.3 is 39.9 Å². The third-order valence-electron chi connectivity index (χ3n) is 9.74. The van der Waals surface area contributed by atoms with Crippen LogP contribution in [0.2, 0.25) is 0 Å². The van der Waals surface area contributed by atoms with E-state index in [1.165, 1.54) is 40.6 Å². The number of aliphatic carboxylic acids is 1. The maximum absolute atomic E-state index is 13.4. The summed E-state index contributed by atoms with van der Waals surface area (Å²) in [5.41, 5.74) is 1.58. The Morgan fingerprint density at radius 1 is 0.857 bits per heavy atom. The van der Waals surface area contributed by atoms with E-state index in [-0.39, 0.29) is 30.3 Å². The van der Waals surface area contributed by atoms with Gasteiger partial charge >= 0.3 is 11.9 Å². The number of carbonyl (C=O) groups excluding carboxylic acids is 6. The van der Waals surface area contributed by atoms with Gasteiger partial charge in [0.2, 0.25) is 23.6 Å². The molecule has 5 amide bonds. The number of rotatable bonds is 25. The second kappa shape index (κ2) is 26.1. The lowest BCUT2D eigenvalue weighted by molar-refractivity contribution is -0.154. The fraction of sp³-hybridized carbons (Fsp3) is 0.725. The van der Waals surface area contributed by atoms with E-state index in [2.05, 4.69) is 30.6 Å². The third kappa shape index (κ3) is 18.4. The van der Waals surface area contributed by atoms with Crippen molar-refractivity contribution in [1.82, 2.24) is 25.3 Å². The average Bonchev–Trinajstić information content (AvgIpc) is 3.14. The maximum Gasteiger partial charge on any atom is 0.334 e. The van der Waals surface area contributed by atoms with Gasteiger partial charge in [0.15, 0.2) is 6.10 Å². The zero-order chi connectivity index (χ0) is 43.4. The molecule has 0 aromatic heterocycles. The highest BCUT2D eigenvalue weighted by Gasteiger charge is 2.33. The highest BCUT2D eigenvalue weighted by molar-refractivity contribution is 7.98. The molecule has 0 spiro atoms. The van der Waals surface area contributed by atoms with E-state index in [0.717, 1.165) is 21.1 Å². The first-order valence-corrected chi connectivity index (χ1v) is 20.6. The predicted octanol–water partition coefficient (Wildman–Crippen LogP) is 3.86. The van der Waals surface area contributed by atoms with E-state index in [4.69, 9.17) is 9.47 Å². The van der Waals surface area contributed by atoms with Crippen molar-refractivity contribution in [3.8, 4) is 0 Å². The van der Waals surface area contributed by atoms with Gasteiger partial charge in [-0.15, -0.1) is 11.8 Å². The van der Waals surface area contributed by atoms with Crippen LogP contribution in [0.25, 0.3) is 0 Å². The van der Waals surface area contributed by atoms with Gasteiger partial charge in [0.25, 0.3) is 5.91 Å². The summed E-state index contributed by atoms with van der Waals surface area (Å²) < 4.78 is 11.7. The van der Waals surface area contributed by atoms with Crippen molar-refractivity contribution in [2.75, 3.05) is 46.4 Å². The van der Waals surface area contributed by atoms with E-state index in [0.29, 0.717) is 24.4 Å². The number of thioether (sulfide) groups is 1. The number of allylic oxidation sites excluding steroid dienone is 2. The van der Waals surface area contributed by atoms with Crippen LogP contribution in [0.3, 0.4) is 0 Å². The first kappa shape index (κ1) is 52.1. The van der Waals surface area contributed by atoms with Crippen molar-refractivity contribution in [3.63, 3.8) is 0 Å². The molecule has 0 saturated carbocycles. The van der Waals surface area contributed by atoms with Crippen LogP contribution in [0.5, 0.6) is 0 Å². The molecule has 16 heteroatoms. The summed E-state index contributed by atoms with van der Waals surface area (Å²) in [4.78, 5) is 93.5. The number of ether oxygens (including phenoxy) is 2. The Morgan fingerprint density at radius 2 is 1.46 bits per heavy atom. The summed E-state index contributed by atoms with van der Waals surface area (Å²) in [7, 11) is 4.10. The number of amides is 5. The number of likely N-dealkylation sites (N-methyl/N-ethyl adjacent to an activating group) is 3. The molecule has 15 nitrogen and oxygen atoms in total. The number of hydrogen-bond donors (Lipinski definition) is 3. The van der Waals surface area contributed by atoms with Gasteiger partial charge in [-0.1, -0.05) is 58.8 Å². The second-order valence-electron chi connectivity index (χ2n) is 15.1. The van der Waals surface area contributed by atoms with Gasteiger partial charge in [0.05, 0.1) is 25.1 Å². The molecule has 0 heterocycles. The van der Waals surface area contributed by atoms with Crippen molar-refractivity contribution in [2.24, 2.45) is 17.8 Å². The van der Waals surface area contributed by atoms with Crippen LogP contribution in [-0.2, 0) is 43.0 Å². The molecule has 0 bridgehead atoms. The molecule has 0 aromatic rings. The molecule has 4 unspecified atom stereocenters. The lowest BCUT2D eigenvalue weighted by atomic mass is 9.93. The number of hydrogen-bond acceptors (Lipinski definition) is 10. The third-order valence-corrected chi connectivity index (χ3v) is 10.1. The van der Waals surface area contributed by atoms with Gasteiger partial charge in [-0.25, -0.2) is 9.59 Å². The fourth-order valence-electron chi connectivity index (χ4n) is 5.49. The molecular formula is C40H69N5O10S. The summed E-state index contributed by atoms with van der Waals surface area (Å²) in [5.74, 6) is -4.50. The molecule has 0 saturated heterocycles. The van der Waals surface area contributed by atoms with E-state index < -0.39 is 78.8 Å². The van der Waals surface area contributed by atoms with Gasteiger partial charge in [-0.3, -0.25) is 24.0 Å². The number of carboxylic acids is 1. The van der Waals surface area contributed by atoms with Crippen molar-refractivity contribution in [3.05, 3.63) is 23.3 Å². The van der Waals surface area contributed by atoms with Crippen LogP contribution in [0.15, 0.2) is 23.3 Å². The first-order chi connectivity index (χ1) is 26.0. The van der Waals surface area contributed by atoms with Crippen LogP contribution in [0.1, 0.15) is 94.9 Å². The minimum absolute atomic E-state index is 0.0188. The topological polar surface area (TPSA) is 192 Å². The lowest BCUT2D eigenvalue weighted by Gasteiger charge is -2.31. The molecule has 0 aromatic carbocycles. The molecule has 0 radical (unpaired) electrons. The van der Waals surface area contributed by atoms with Gasteiger partial charge in [-0.2, -0.15) is 0 Å². The molecule has 7 atom stereocenters. The lowest BCUT2D eigenvalue weighted by Crippen LogP contribution is -2.55. The van der Waals surface area contributed by atoms with Crippen molar-refractivity contribution in [1.29, 1.82) is 0 Å². The molecule has 0 aliphatic rings. The van der Waals surface area contributed by atoms with Crippen LogP contribution >= 0.6 is 11.8 Å². The summed E-state index contributed by atoms with van der Waals surface area (Å²) in [6.07, 6.45) is 6.58. The molecular weight excluding hydrogens is 743 g/mol. The minimum Gasteiger partial charge on any atom is -0.480 e. The summed E-state index contributed by atoms with van der Waals surface area (Å²) in [5, 5.41) is 14.6. The largest absolute Gasteiger partial charge is 0.480 e. The Labute approximate surface area is 338 Å². The Morgan fingerprint density at radius 3 is 1.98 bits per heavy atom. The van der Waals surface area contributed by atoms with E-state index in [1.54, 1.807) is 31.7 Å². The molecule has 320 valence electrons. The maximum atomic E-state index is 13.4. The highest BCUT2D eigenvalue weighted by Crippen LogP contribution is 2.22. The zero-order valence-electron chi connectivity index (χ0n) is 36.1. The Bertz CT molecular complexity index is 1400. The molecule has 3 N–H and O–H groups in total. The quantitative estimate of drug-likeness (QED) is 0.0525. The standard InChI is InChI=1S/C40H69N5O10S/c1-15-25(5)20-28(8)31(54-23-56-14)18-17-27(7)40(53)55-32(19-24(3)4)36(48)41-29(9)37(49)44(12)22-34(47)43(11)21-33(46)42-35(26(6)16-2)38(50)45(13)30(10)39(51)52/h15,17,24,26,28-32,35H,16,18-23H2,1-14H3,(H,41,48)(H,42,46)(H,51,52)/b25-15+,27-17+/t26?,28-,29?,30+,31?,32+,35?/m0/s1. The van der Waals surface area contributed by atoms with Crippen LogP contribution < -0.4 is 10.6 Å². The molecule has 0 fully saturated rings. The molecule has 0 aliphatic carbocycles. The SMILES string of the molecule is C/C=C(\C)C[C@H](C)C(C/C=C(\C)C(=O)O[C@H](CC(C)C)C(=O)NC(C)C(=O)N(C)CC(=O)N(C)CC(=O)NC(C(=O)N(C)[C@H](C)C(=O)O)C(C)CC)OCSC. The Kier molecular flexibility index (Phi) is 24.3. The Hall–Kier alpha value is -3.92. The second-order valence-corrected chi connectivity index (χ2v) is 16.0. The van der Waals surface area contributed by atoms with Gasteiger partial charge in [0, 0.05) is 26.7 Å². The fourth-order valence-corrected chi connectivity index (χ4v) is 5.81. The predicted molar refractivity (Wildman–Crippen MR) is 218 cm³/mol. The first-order valence-electron chi connectivity index (χ1n) is 19.2. The van der Waals surface area contributed by atoms with Crippen molar-refractivity contribution in [2.45, 2.75) is 125 Å².